The van der Waals surface area contributed by atoms with Crippen molar-refractivity contribution in [3.63, 3.8) is 0 Å². The molecule has 0 saturated carbocycles. The van der Waals surface area contributed by atoms with Gasteiger partial charge in [0, 0.05) is 17.6 Å². The van der Waals surface area contributed by atoms with E-state index in [4.69, 9.17) is 9.47 Å². The highest BCUT2D eigenvalue weighted by Crippen LogP contribution is 2.29. The lowest BCUT2D eigenvalue weighted by Crippen LogP contribution is -2.32. The fourth-order valence-corrected chi connectivity index (χ4v) is 4.73. The average molecular weight is 469 g/mol. The van der Waals surface area contributed by atoms with Gasteiger partial charge in [0.2, 0.25) is 0 Å². The lowest BCUT2D eigenvalue weighted by atomic mass is 10.1. The summed E-state index contributed by atoms with van der Waals surface area (Å²) in [6.07, 6.45) is 1.88. The molecule has 0 spiro atoms. The van der Waals surface area contributed by atoms with E-state index in [0.717, 1.165) is 12.8 Å². The predicted octanol–water partition coefficient (Wildman–Crippen LogP) is 3.17. The van der Waals surface area contributed by atoms with E-state index < -0.39 is 10.0 Å². The number of halogens is 1. The Labute approximate surface area is 172 Å². The van der Waals surface area contributed by atoms with Crippen LogP contribution in [-0.4, -0.2) is 40.7 Å². The Morgan fingerprint density at radius 1 is 1.29 bits per heavy atom. The Kier molecular flexibility index (Phi) is 6.58. The van der Waals surface area contributed by atoms with Gasteiger partial charge in [0.15, 0.2) is 0 Å². The molecule has 3 rings (SSSR count). The first kappa shape index (κ1) is 20.6. The molecule has 1 saturated heterocycles. The number of hydrogen-bond donors (Lipinski definition) is 2. The predicted molar refractivity (Wildman–Crippen MR) is 109 cm³/mol. The van der Waals surface area contributed by atoms with Crippen molar-refractivity contribution >= 4 is 37.5 Å². The van der Waals surface area contributed by atoms with Crippen LogP contribution in [0.4, 0.5) is 5.69 Å². The SMILES string of the molecule is COc1ccc(Br)cc1S(=O)(=O)Nc1ccccc1C(=O)NC[C@@H]1CCCO1. The first-order valence-electron chi connectivity index (χ1n) is 8.76. The zero-order valence-corrected chi connectivity index (χ0v) is 17.7. The van der Waals surface area contributed by atoms with Crippen molar-refractivity contribution in [2.75, 3.05) is 25.0 Å². The van der Waals surface area contributed by atoms with Gasteiger partial charge in [-0.25, -0.2) is 8.42 Å². The molecule has 0 unspecified atom stereocenters. The highest BCUT2D eigenvalue weighted by atomic mass is 79.9. The van der Waals surface area contributed by atoms with Crippen LogP contribution < -0.4 is 14.8 Å². The molecule has 150 valence electrons. The number of nitrogens with one attached hydrogen (secondary N) is 2. The third kappa shape index (κ3) is 4.84. The molecule has 7 nitrogen and oxygen atoms in total. The minimum atomic E-state index is -3.97. The molecule has 0 bridgehead atoms. The van der Waals surface area contributed by atoms with Gasteiger partial charge in [-0.3, -0.25) is 9.52 Å². The molecule has 1 heterocycles. The van der Waals surface area contributed by atoms with Gasteiger partial charge in [-0.15, -0.1) is 0 Å². The summed E-state index contributed by atoms with van der Waals surface area (Å²) in [4.78, 5) is 12.6. The van der Waals surface area contributed by atoms with Crippen LogP contribution in [0.15, 0.2) is 51.8 Å². The van der Waals surface area contributed by atoms with Crippen LogP contribution in [0.2, 0.25) is 0 Å². The van der Waals surface area contributed by atoms with Crippen molar-refractivity contribution in [1.82, 2.24) is 5.32 Å². The number of benzene rings is 2. The van der Waals surface area contributed by atoms with E-state index in [9.17, 15) is 13.2 Å². The van der Waals surface area contributed by atoms with E-state index in [1.165, 1.54) is 13.2 Å². The molecule has 0 aromatic heterocycles. The summed E-state index contributed by atoms with van der Waals surface area (Å²) in [7, 11) is -2.58. The Bertz CT molecular complexity index is 959. The van der Waals surface area contributed by atoms with Crippen LogP contribution in [0.1, 0.15) is 23.2 Å². The number of methoxy groups -OCH3 is 1. The van der Waals surface area contributed by atoms with Crippen molar-refractivity contribution in [3.8, 4) is 5.75 Å². The van der Waals surface area contributed by atoms with Crippen LogP contribution in [0, 0.1) is 0 Å². The zero-order valence-electron chi connectivity index (χ0n) is 15.3. The minimum absolute atomic E-state index is 0.00117. The Morgan fingerprint density at radius 2 is 2.07 bits per heavy atom. The summed E-state index contributed by atoms with van der Waals surface area (Å²) >= 11 is 3.27. The highest BCUT2D eigenvalue weighted by Gasteiger charge is 2.23. The number of sulfonamides is 1. The van der Waals surface area contributed by atoms with E-state index >= 15 is 0 Å². The number of carbonyl (C=O) groups is 1. The van der Waals surface area contributed by atoms with Gasteiger partial charge < -0.3 is 14.8 Å². The third-order valence-corrected chi connectivity index (χ3v) is 6.23. The van der Waals surface area contributed by atoms with Gasteiger partial charge in [0.25, 0.3) is 15.9 Å². The molecule has 1 atom stereocenters. The van der Waals surface area contributed by atoms with Crippen molar-refractivity contribution < 1.29 is 22.7 Å². The molecule has 28 heavy (non-hydrogen) atoms. The molecule has 2 aromatic rings. The van der Waals surface area contributed by atoms with E-state index in [-0.39, 0.29) is 33.9 Å². The highest BCUT2D eigenvalue weighted by molar-refractivity contribution is 9.10. The van der Waals surface area contributed by atoms with Gasteiger partial charge in [-0.2, -0.15) is 0 Å². The second kappa shape index (κ2) is 8.93. The second-order valence-electron chi connectivity index (χ2n) is 6.29. The maximum Gasteiger partial charge on any atom is 0.265 e. The number of anilines is 1. The van der Waals surface area contributed by atoms with Gasteiger partial charge in [-0.05, 0) is 43.2 Å². The molecule has 2 aromatic carbocycles. The number of para-hydroxylation sites is 1. The van der Waals surface area contributed by atoms with Crippen molar-refractivity contribution in [2.24, 2.45) is 0 Å². The molecular formula is C19H21BrN2O5S. The number of carbonyl (C=O) groups excluding carboxylic acids is 1. The van der Waals surface area contributed by atoms with E-state index in [1.54, 1.807) is 36.4 Å². The van der Waals surface area contributed by atoms with Gasteiger partial charge in [0.05, 0.1) is 24.5 Å². The van der Waals surface area contributed by atoms with Gasteiger partial charge in [-0.1, -0.05) is 28.1 Å². The van der Waals surface area contributed by atoms with Crippen molar-refractivity contribution in [1.29, 1.82) is 0 Å². The van der Waals surface area contributed by atoms with Crippen LogP contribution >= 0.6 is 15.9 Å². The first-order valence-corrected chi connectivity index (χ1v) is 11.0. The molecule has 9 heteroatoms. The minimum Gasteiger partial charge on any atom is -0.495 e. The van der Waals surface area contributed by atoms with E-state index in [1.807, 2.05) is 0 Å². The number of hydrogen-bond acceptors (Lipinski definition) is 5. The molecule has 1 fully saturated rings. The molecule has 0 aliphatic carbocycles. The number of ether oxygens (including phenoxy) is 2. The Balaban J connectivity index is 1.82. The average Bonchev–Trinajstić information content (AvgIpc) is 3.20. The van der Waals surface area contributed by atoms with Gasteiger partial charge >= 0.3 is 0 Å². The third-order valence-electron chi connectivity index (χ3n) is 4.35. The standard InChI is InChI=1S/C19H21BrN2O5S/c1-26-17-9-8-13(20)11-18(17)28(24,25)22-16-7-3-2-6-15(16)19(23)21-12-14-5-4-10-27-14/h2-3,6-9,11,14,22H,4-5,10,12H2,1H3,(H,21,23)/t14-/m0/s1. The van der Waals surface area contributed by atoms with Gasteiger partial charge in [0.1, 0.15) is 10.6 Å². The molecule has 1 aliphatic heterocycles. The lowest BCUT2D eigenvalue weighted by molar-refractivity contribution is 0.0858. The lowest BCUT2D eigenvalue weighted by Gasteiger charge is -2.15. The van der Waals surface area contributed by atoms with Crippen LogP contribution in [0.5, 0.6) is 5.75 Å². The number of rotatable bonds is 7. The van der Waals surface area contributed by atoms with Crippen molar-refractivity contribution in [2.45, 2.75) is 23.8 Å². The summed E-state index contributed by atoms with van der Waals surface area (Å²) in [5.74, 6) is -0.161. The van der Waals surface area contributed by atoms with Crippen LogP contribution in [0.3, 0.4) is 0 Å². The quantitative estimate of drug-likeness (QED) is 0.650. The molecule has 1 aliphatic rings. The molecular weight excluding hydrogens is 448 g/mol. The summed E-state index contributed by atoms with van der Waals surface area (Å²) in [6.45, 7) is 1.09. The maximum atomic E-state index is 12.9. The van der Waals surface area contributed by atoms with Crippen molar-refractivity contribution in [3.05, 3.63) is 52.5 Å². The van der Waals surface area contributed by atoms with Crippen LogP contribution in [0.25, 0.3) is 0 Å². The largest absolute Gasteiger partial charge is 0.495 e. The summed E-state index contributed by atoms with van der Waals surface area (Å²) in [5.41, 5.74) is 0.424. The topological polar surface area (TPSA) is 93.7 Å². The molecule has 1 amide bonds. The number of amides is 1. The van der Waals surface area contributed by atoms with E-state index in [0.29, 0.717) is 17.6 Å². The smallest absolute Gasteiger partial charge is 0.265 e. The maximum absolute atomic E-state index is 12.9. The zero-order chi connectivity index (χ0) is 20.1. The molecule has 2 N–H and O–H groups in total. The Morgan fingerprint density at radius 3 is 2.79 bits per heavy atom. The Hall–Kier alpha value is -2.10. The normalized spacial score (nSPS) is 16.6. The summed E-state index contributed by atoms with van der Waals surface area (Å²) < 4.78 is 39.6. The summed E-state index contributed by atoms with van der Waals surface area (Å²) in [5, 5.41) is 2.81. The molecule has 0 radical (unpaired) electrons. The summed E-state index contributed by atoms with van der Waals surface area (Å²) in [6, 6.07) is 11.1. The first-order chi connectivity index (χ1) is 13.4. The monoisotopic (exact) mass is 468 g/mol. The van der Waals surface area contributed by atoms with E-state index in [2.05, 4.69) is 26.0 Å². The fourth-order valence-electron chi connectivity index (χ4n) is 2.94. The fraction of sp³-hybridized carbons (Fsp3) is 0.316. The van der Waals surface area contributed by atoms with Crippen LogP contribution in [-0.2, 0) is 14.8 Å². The second-order valence-corrected chi connectivity index (χ2v) is 8.86.